The molecule has 0 aromatic carbocycles. The number of hydrogen-bond donors (Lipinski definition) is 3. The van der Waals surface area contributed by atoms with Crippen molar-refractivity contribution in [3.05, 3.63) is 0 Å². The zero-order chi connectivity index (χ0) is 21.3. The Bertz CT molecular complexity index is 633. The van der Waals surface area contributed by atoms with E-state index in [0.717, 1.165) is 7.11 Å². The fourth-order valence-electron chi connectivity index (χ4n) is 2.88. The molecule has 0 radical (unpaired) electrons. The van der Waals surface area contributed by atoms with Crippen molar-refractivity contribution in [2.24, 2.45) is 0 Å². The van der Waals surface area contributed by atoms with E-state index in [2.05, 4.69) is 4.52 Å². The molecule has 0 spiro atoms. The standard InChI is InChI=1S/C11H22B2F2O11P2/c1-21-27(17,18)25-9-5(24-11(13)7(9)15)3-22-28(19,20)26-8-4(2-16)23-10(12)6(8)14/h4-11,16H,2-3,12-13H2,1H3,(H,17,18)(H,19,20)/t4?,5?,6?,7?,8-,9-,10+,11+/m0/s1. The summed E-state index contributed by atoms with van der Waals surface area (Å²) >= 11 is 0. The molecule has 0 aromatic heterocycles. The van der Waals surface area contributed by atoms with Crippen LogP contribution >= 0.6 is 15.6 Å². The highest BCUT2D eigenvalue weighted by Crippen LogP contribution is 2.50. The minimum atomic E-state index is -4.88. The lowest BCUT2D eigenvalue weighted by Crippen LogP contribution is -2.35. The number of hydrogen-bond acceptors (Lipinski definition) is 9. The second-order valence-corrected chi connectivity index (χ2v) is 9.31. The number of aliphatic hydroxyl groups excluding tert-OH is 1. The number of ether oxygens (including phenoxy) is 2. The number of phosphoric ester groups is 2. The van der Waals surface area contributed by atoms with Crippen LogP contribution in [-0.2, 0) is 36.7 Å². The third kappa shape index (κ3) is 5.83. The molecular weight excluding hydrogens is 430 g/mol. The highest BCUT2D eigenvalue weighted by atomic mass is 31.2. The summed E-state index contributed by atoms with van der Waals surface area (Å²) in [5.41, 5.74) is 0. The Balaban J connectivity index is 2.00. The molecule has 2 rings (SSSR count). The van der Waals surface area contributed by atoms with Crippen LogP contribution in [0.1, 0.15) is 0 Å². The van der Waals surface area contributed by atoms with Gasteiger partial charge in [-0.1, -0.05) is 0 Å². The second kappa shape index (κ2) is 9.49. The minimum Gasteiger partial charge on any atom is -0.394 e. The van der Waals surface area contributed by atoms with Crippen LogP contribution in [0.15, 0.2) is 0 Å². The van der Waals surface area contributed by atoms with Gasteiger partial charge in [0.25, 0.3) is 0 Å². The third-order valence-corrected chi connectivity index (χ3v) is 6.32. The van der Waals surface area contributed by atoms with Crippen LogP contribution in [0.25, 0.3) is 0 Å². The van der Waals surface area contributed by atoms with E-state index in [1.54, 1.807) is 0 Å². The molecule has 0 saturated carbocycles. The van der Waals surface area contributed by atoms with Crippen LogP contribution < -0.4 is 0 Å². The molecule has 2 heterocycles. The lowest BCUT2D eigenvalue weighted by molar-refractivity contribution is -0.0283. The highest BCUT2D eigenvalue weighted by molar-refractivity contribution is 7.47. The van der Waals surface area contributed by atoms with E-state index in [9.17, 15) is 32.8 Å². The van der Waals surface area contributed by atoms with Gasteiger partial charge in [-0.2, -0.15) is 0 Å². The molecule has 162 valence electrons. The van der Waals surface area contributed by atoms with Crippen LogP contribution in [0.3, 0.4) is 0 Å². The Hall–Kier alpha value is 0.0899. The van der Waals surface area contributed by atoms with Gasteiger partial charge < -0.3 is 24.4 Å². The van der Waals surface area contributed by atoms with Gasteiger partial charge in [-0.15, -0.1) is 0 Å². The molecule has 0 amide bonds. The maximum atomic E-state index is 14.2. The van der Waals surface area contributed by atoms with E-state index in [1.807, 2.05) is 0 Å². The topological polar surface area (TPSA) is 150 Å². The maximum absolute atomic E-state index is 14.2. The number of aliphatic hydroxyl groups is 1. The Kier molecular flexibility index (Phi) is 8.25. The molecule has 0 bridgehead atoms. The molecule has 2 saturated heterocycles. The normalized spacial score (nSPS) is 42.9. The number of alkyl halides is 2. The SMILES string of the molecule is B[C@@H]1OC(COP(=O)(O)O[C@H]2C(CO)O[C@@H](B)C2F)[C@H](OP(=O)(O)OC)C1F. The molecule has 2 fully saturated rings. The summed E-state index contributed by atoms with van der Waals surface area (Å²) in [5, 5.41) is 9.17. The number of rotatable bonds is 9. The molecule has 0 aliphatic carbocycles. The predicted octanol–water partition coefficient (Wildman–Crippen LogP) is -1.99. The maximum Gasteiger partial charge on any atom is 0.472 e. The first-order valence-electron chi connectivity index (χ1n) is 8.33. The van der Waals surface area contributed by atoms with E-state index >= 15 is 0 Å². The largest absolute Gasteiger partial charge is 0.472 e. The summed E-state index contributed by atoms with van der Waals surface area (Å²) in [5.74, 6) is 0. The lowest BCUT2D eigenvalue weighted by Gasteiger charge is -2.24. The Morgan fingerprint density at radius 3 is 1.93 bits per heavy atom. The van der Waals surface area contributed by atoms with Crippen LogP contribution in [0.4, 0.5) is 8.78 Å². The first-order chi connectivity index (χ1) is 12.9. The number of phosphoric acid groups is 2. The molecule has 17 heteroatoms. The monoisotopic (exact) mass is 452 g/mol. The average Bonchev–Trinajstić information content (AvgIpc) is 3.04. The smallest absolute Gasteiger partial charge is 0.394 e. The Morgan fingerprint density at radius 2 is 1.43 bits per heavy atom. The molecule has 6 unspecified atom stereocenters. The minimum absolute atomic E-state index is 0.652. The van der Waals surface area contributed by atoms with Crippen molar-refractivity contribution in [2.45, 2.75) is 48.8 Å². The van der Waals surface area contributed by atoms with Gasteiger partial charge in [-0.25, -0.2) is 17.9 Å². The van der Waals surface area contributed by atoms with E-state index in [0.29, 0.717) is 0 Å². The van der Waals surface area contributed by atoms with E-state index in [4.69, 9.17) is 23.0 Å². The van der Waals surface area contributed by atoms with Crippen LogP contribution in [0, 0.1) is 0 Å². The van der Waals surface area contributed by atoms with Crippen LogP contribution in [0.2, 0.25) is 0 Å². The van der Waals surface area contributed by atoms with Crippen molar-refractivity contribution in [1.29, 1.82) is 0 Å². The Morgan fingerprint density at radius 1 is 0.964 bits per heavy atom. The predicted molar refractivity (Wildman–Crippen MR) is 93.6 cm³/mol. The van der Waals surface area contributed by atoms with Gasteiger partial charge in [0.15, 0.2) is 0 Å². The molecule has 10 atom stereocenters. The molecule has 11 nitrogen and oxygen atoms in total. The molecule has 3 N–H and O–H groups in total. The van der Waals surface area contributed by atoms with Gasteiger partial charge in [0, 0.05) is 7.11 Å². The zero-order valence-corrected chi connectivity index (χ0v) is 17.1. The molecule has 2 aliphatic rings. The van der Waals surface area contributed by atoms with Crippen molar-refractivity contribution >= 4 is 31.3 Å². The van der Waals surface area contributed by atoms with Gasteiger partial charge in [0.1, 0.15) is 52.5 Å². The van der Waals surface area contributed by atoms with Gasteiger partial charge >= 0.3 is 15.6 Å². The third-order valence-electron chi connectivity index (χ3n) is 4.36. The van der Waals surface area contributed by atoms with E-state index in [1.165, 1.54) is 15.7 Å². The van der Waals surface area contributed by atoms with Gasteiger partial charge in [0.05, 0.1) is 25.2 Å². The molecule has 28 heavy (non-hydrogen) atoms. The summed E-state index contributed by atoms with van der Waals surface area (Å²) < 4.78 is 80.6. The van der Waals surface area contributed by atoms with Crippen molar-refractivity contribution < 1.29 is 60.4 Å². The number of halogens is 2. The first-order valence-corrected chi connectivity index (χ1v) is 11.3. The van der Waals surface area contributed by atoms with Gasteiger partial charge in [-0.05, 0) is 0 Å². The van der Waals surface area contributed by atoms with E-state index < -0.39 is 77.6 Å². The second-order valence-electron chi connectivity index (χ2n) is 6.39. The molecule has 2 aliphatic heterocycles. The fraction of sp³-hybridized carbons (Fsp3) is 1.00. The van der Waals surface area contributed by atoms with Crippen molar-refractivity contribution in [3.63, 3.8) is 0 Å². The van der Waals surface area contributed by atoms with Gasteiger partial charge in [-0.3, -0.25) is 18.1 Å². The summed E-state index contributed by atoms with van der Waals surface area (Å²) in [6, 6.07) is -2.04. The summed E-state index contributed by atoms with van der Waals surface area (Å²) in [7, 11) is -5.90. The van der Waals surface area contributed by atoms with Crippen LogP contribution in [0.5, 0.6) is 0 Å². The molecule has 0 aromatic rings. The Labute approximate surface area is 161 Å². The molecular formula is C11H22B2F2O11P2. The fourth-order valence-corrected chi connectivity index (χ4v) is 4.48. The van der Waals surface area contributed by atoms with Gasteiger partial charge in [0.2, 0.25) is 0 Å². The highest BCUT2D eigenvalue weighted by Gasteiger charge is 2.50. The first kappa shape index (κ1) is 24.4. The zero-order valence-electron chi connectivity index (χ0n) is 15.3. The lowest BCUT2D eigenvalue weighted by atomic mass is 9.94. The van der Waals surface area contributed by atoms with Crippen LogP contribution in [-0.4, -0.2) is 99.7 Å². The summed E-state index contributed by atoms with van der Waals surface area (Å²) in [4.78, 5) is 19.2. The summed E-state index contributed by atoms with van der Waals surface area (Å²) in [6.45, 7) is -1.42. The van der Waals surface area contributed by atoms with Crippen molar-refractivity contribution in [3.8, 4) is 0 Å². The van der Waals surface area contributed by atoms with Crippen molar-refractivity contribution in [2.75, 3.05) is 20.3 Å². The quantitative estimate of drug-likeness (QED) is 0.264. The summed E-state index contributed by atoms with van der Waals surface area (Å²) in [6.07, 6.45) is -9.35. The average molecular weight is 452 g/mol. The van der Waals surface area contributed by atoms with E-state index in [-0.39, 0.29) is 0 Å². The van der Waals surface area contributed by atoms with Crippen molar-refractivity contribution in [1.82, 2.24) is 0 Å².